The number of hydrogen-bond acceptors (Lipinski definition) is 2. The summed E-state index contributed by atoms with van der Waals surface area (Å²) in [6, 6.07) is 2.08. The first-order valence-electron chi connectivity index (χ1n) is 7.74. The molecule has 0 aromatic heterocycles. The van der Waals surface area contributed by atoms with Gasteiger partial charge >= 0.3 is 0 Å². The van der Waals surface area contributed by atoms with Crippen LogP contribution in [0.25, 0.3) is 0 Å². The largest absolute Gasteiger partial charge is 0.299 e. The molecule has 0 unspecified atom stereocenters. The fraction of sp³-hybridized carbons (Fsp3) is 0.556. The van der Waals surface area contributed by atoms with Crippen LogP contribution in [0.1, 0.15) is 19.3 Å². The van der Waals surface area contributed by atoms with E-state index in [1.165, 1.54) is 6.42 Å². The Labute approximate surface area is 119 Å². The standard InChI is InChI=1S/C18H19NO/c19-7-1-2-15-13-5-6-14(10-13)17(15)18(20)16-9-11-3-4-12(16)8-11/h1-6,11-17H,8-10H2/b2-1-/t11-,12+,13-,14+,15+,16+,17-/m0/s1. The molecule has 0 saturated heterocycles. The Morgan fingerprint density at radius 3 is 2.55 bits per heavy atom. The molecule has 2 fully saturated rings. The van der Waals surface area contributed by atoms with Crippen molar-refractivity contribution < 1.29 is 4.79 Å². The fourth-order valence-corrected chi connectivity index (χ4v) is 5.03. The van der Waals surface area contributed by atoms with E-state index in [0.717, 1.165) is 12.8 Å². The predicted molar refractivity (Wildman–Crippen MR) is 76.3 cm³/mol. The first-order chi connectivity index (χ1) is 9.78. The average Bonchev–Trinajstić information content (AvgIpc) is 3.21. The Balaban J connectivity index is 1.59. The van der Waals surface area contributed by atoms with Gasteiger partial charge in [0, 0.05) is 17.9 Å². The van der Waals surface area contributed by atoms with Crippen molar-refractivity contribution in [3.8, 4) is 6.07 Å². The molecule has 7 atom stereocenters. The number of fused-ring (bicyclic) bond motifs is 4. The lowest BCUT2D eigenvalue weighted by Gasteiger charge is -2.29. The molecule has 0 spiro atoms. The number of Topliss-reactive ketones (excluding diaryl/α,β-unsaturated/α-hetero) is 1. The number of allylic oxidation sites excluding steroid dienone is 6. The van der Waals surface area contributed by atoms with E-state index in [1.807, 2.05) is 6.08 Å². The van der Waals surface area contributed by atoms with E-state index in [9.17, 15) is 4.79 Å². The van der Waals surface area contributed by atoms with E-state index >= 15 is 0 Å². The van der Waals surface area contributed by atoms with E-state index in [-0.39, 0.29) is 17.8 Å². The van der Waals surface area contributed by atoms with E-state index in [1.54, 1.807) is 6.08 Å². The first kappa shape index (κ1) is 12.1. The molecular formula is C18H19NO. The zero-order chi connectivity index (χ0) is 13.7. The number of nitrogens with zero attached hydrogens (tertiary/aromatic N) is 1. The smallest absolute Gasteiger partial charge is 0.140 e. The number of carbonyl (C=O) groups excluding carboxylic acids is 1. The van der Waals surface area contributed by atoms with Crippen LogP contribution in [-0.4, -0.2) is 5.78 Å². The van der Waals surface area contributed by atoms with Crippen LogP contribution < -0.4 is 0 Å². The molecule has 0 aromatic rings. The molecule has 2 nitrogen and oxygen atoms in total. The monoisotopic (exact) mass is 265 g/mol. The Kier molecular flexibility index (Phi) is 2.70. The third-order valence-corrected chi connectivity index (χ3v) is 5.89. The molecule has 4 aliphatic carbocycles. The molecule has 0 N–H and O–H groups in total. The van der Waals surface area contributed by atoms with E-state index in [2.05, 4.69) is 30.4 Å². The molecule has 0 heterocycles. The van der Waals surface area contributed by atoms with Crippen molar-refractivity contribution in [3.63, 3.8) is 0 Å². The van der Waals surface area contributed by atoms with E-state index in [0.29, 0.717) is 29.5 Å². The Bertz CT molecular complexity index is 564. The minimum absolute atomic E-state index is 0.132. The molecule has 20 heavy (non-hydrogen) atoms. The summed E-state index contributed by atoms with van der Waals surface area (Å²) in [6.07, 6.45) is 16.0. The van der Waals surface area contributed by atoms with Gasteiger partial charge in [-0.2, -0.15) is 5.26 Å². The van der Waals surface area contributed by atoms with Crippen LogP contribution in [0.4, 0.5) is 0 Å². The maximum atomic E-state index is 13.0. The van der Waals surface area contributed by atoms with Gasteiger partial charge in [0.1, 0.15) is 5.78 Å². The predicted octanol–water partition coefficient (Wildman–Crippen LogP) is 3.29. The minimum atomic E-state index is 0.132. The lowest BCUT2D eigenvalue weighted by Crippen LogP contribution is -2.33. The molecule has 2 saturated carbocycles. The van der Waals surface area contributed by atoms with Crippen molar-refractivity contribution >= 4 is 5.78 Å². The minimum Gasteiger partial charge on any atom is -0.299 e. The van der Waals surface area contributed by atoms with Crippen molar-refractivity contribution in [1.82, 2.24) is 0 Å². The third-order valence-electron chi connectivity index (χ3n) is 5.89. The summed E-state index contributed by atoms with van der Waals surface area (Å²) in [5.41, 5.74) is 0. The van der Waals surface area contributed by atoms with Crippen LogP contribution in [0.2, 0.25) is 0 Å². The molecule has 4 bridgehead atoms. The summed E-state index contributed by atoms with van der Waals surface area (Å²) in [5.74, 6) is 3.17. The summed E-state index contributed by atoms with van der Waals surface area (Å²) in [4.78, 5) is 13.0. The van der Waals surface area contributed by atoms with Crippen molar-refractivity contribution in [2.75, 3.05) is 0 Å². The molecule has 4 rings (SSSR count). The highest BCUT2D eigenvalue weighted by atomic mass is 16.1. The van der Waals surface area contributed by atoms with Gasteiger partial charge in [0.25, 0.3) is 0 Å². The van der Waals surface area contributed by atoms with Crippen molar-refractivity contribution in [1.29, 1.82) is 5.26 Å². The van der Waals surface area contributed by atoms with Gasteiger partial charge in [-0.15, -0.1) is 0 Å². The maximum Gasteiger partial charge on any atom is 0.140 e. The van der Waals surface area contributed by atoms with Gasteiger partial charge in [0.15, 0.2) is 0 Å². The topological polar surface area (TPSA) is 40.9 Å². The normalized spacial score (nSPS) is 47.5. The maximum absolute atomic E-state index is 13.0. The average molecular weight is 265 g/mol. The van der Waals surface area contributed by atoms with Gasteiger partial charge in [-0.25, -0.2) is 0 Å². The second-order valence-electron chi connectivity index (χ2n) is 6.83. The SMILES string of the molecule is N#C/C=C\[C@H]1[C@@H](C(=O)[C@@H]2C[C@H]3C=C[C@@H]2C3)[C@@H]2C=C[C@H]1C2. The molecule has 0 aliphatic heterocycles. The lowest BCUT2D eigenvalue weighted by molar-refractivity contribution is -0.129. The number of carbonyl (C=O) groups is 1. The van der Waals surface area contributed by atoms with Crippen LogP contribution in [0.15, 0.2) is 36.5 Å². The van der Waals surface area contributed by atoms with E-state index in [4.69, 9.17) is 5.26 Å². The highest BCUT2D eigenvalue weighted by Crippen LogP contribution is 2.53. The Morgan fingerprint density at radius 1 is 1.05 bits per heavy atom. The Morgan fingerprint density at radius 2 is 1.85 bits per heavy atom. The molecule has 0 radical (unpaired) electrons. The molecule has 4 aliphatic rings. The van der Waals surface area contributed by atoms with Gasteiger partial charge in [0.05, 0.1) is 6.07 Å². The van der Waals surface area contributed by atoms with Crippen LogP contribution in [0, 0.1) is 52.8 Å². The van der Waals surface area contributed by atoms with E-state index < -0.39 is 0 Å². The lowest BCUT2D eigenvalue weighted by atomic mass is 9.73. The summed E-state index contributed by atoms with van der Waals surface area (Å²) >= 11 is 0. The second kappa shape index (κ2) is 4.45. The summed E-state index contributed by atoms with van der Waals surface area (Å²) in [7, 11) is 0. The summed E-state index contributed by atoms with van der Waals surface area (Å²) < 4.78 is 0. The van der Waals surface area contributed by atoms with Crippen LogP contribution in [0.3, 0.4) is 0 Å². The van der Waals surface area contributed by atoms with Gasteiger partial charge in [-0.3, -0.25) is 4.79 Å². The Hall–Kier alpha value is -1.62. The number of rotatable bonds is 3. The van der Waals surface area contributed by atoms with Crippen molar-refractivity contribution in [2.45, 2.75) is 19.3 Å². The highest BCUT2D eigenvalue weighted by molar-refractivity contribution is 5.86. The molecule has 2 heteroatoms. The summed E-state index contributed by atoms with van der Waals surface area (Å²) in [5, 5.41) is 8.77. The quantitative estimate of drug-likeness (QED) is 0.580. The van der Waals surface area contributed by atoms with Gasteiger partial charge in [-0.05, 0) is 48.9 Å². The number of hydrogen-bond donors (Lipinski definition) is 0. The number of ketones is 1. The van der Waals surface area contributed by atoms with Crippen LogP contribution >= 0.6 is 0 Å². The molecule has 102 valence electrons. The third kappa shape index (κ3) is 1.66. The molecular weight excluding hydrogens is 246 g/mol. The zero-order valence-electron chi connectivity index (χ0n) is 11.5. The molecule has 0 aromatic carbocycles. The van der Waals surface area contributed by atoms with Crippen LogP contribution in [-0.2, 0) is 4.79 Å². The second-order valence-corrected chi connectivity index (χ2v) is 6.83. The summed E-state index contributed by atoms with van der Waals surface area (Å²) in [6.45, 7) is 0. The van der Waals surface area contributed by atoms with Crippen LogP contribution in [0.5, 0.6) is 0 Å². The first-order valence-corrected chi connectivity index (χ1v) is 7.74. The van der Waals surface area contributed by atoms with Crippen molar-refractivity contribution in [2.24, 2.45) is 41.4 Å². The van der Waals surface area contributed by atoms with Gasteiger partial charge in [0.2, 0.25) is 0 Å². The zero-order valence-corrected chi connectivity index (χ0v) is 11.5. The fourth-order valence-electron chi connectivity index (χ4n) is 5.03. The van der Waals surface area contributed by atoms with Gasteiger partial charge in [-0.1, -0.05) is 30.4 Å². The molecule has 0 amide bonds. The number of nitriles is 1. The van der Waals surface area contributed by atoms with Gasteiger partial charge < -0.3 is 0 Å². The van der Waals surface area contributed by atoms with Crippen molar-refractivity contribution in [3.05, 3.63) is 36.5 Å². The highest BCUT2D eigenvalue weighted by Gasteiger charge is 2.51.